The monoisotopic (exact) mass is 242 g/mol. The summed E-state index contributed by atoms with van der Waals surface area (Å²) in [5.74, 6) is -0.321. The van der Waals surface area contributed by atoms with E-state index in [2.05, 4.69) is 15.3 Å². The van der Waals surface area contributed by atoms with Gasteiger partial charge in [-0.3, -0.25) is 9.78 Å². The van der Waals surface area contributed by atoms with E-state index < -0.39 is 0 Å². The zero-order valence-electron chi connectivity index (χ0n) is 10.3. The number of carbonyl (C=O) groups is 1. The molecule has 0 radical (unpaired) electrons. The number of hydrogen-bond acceptors (Lipinski definition) is 4. The third-order valence-corrected chi connectivity index (χ3v) is 2.47. The van der Waals surface area contributed by atoms with E-state index in [0.29, 0.717) is 11.4 Å². The lowest BCUT2D eigenvalue weighted by Gasteiger charge is -2.08. The average molecular weight is 242 g/mol. The highest BCUT2D eigenvalue weighted by Gasteiger charge is 2.09. The minimum absolute atomic E-state index is 0.264. The Morgan fingerprint density at radius 1 is 1.22 bits per heavy atom. The minimum atomic E-state index is -0.321. The van der Waals surface area contributed by atoms with Crippen LogP contribution in [0.4, 0.5) is 11.4 Å². The van der Waals surface area contributed by atoms with E-state index in [4.69, 9.17) is 5.73 Å². The summed E-state index contributed by atoms with van der Waals surface area (Å²) in [6.45, 7) is 3.75. The third-order valence-electron chi connectivity index (χ3n) is 2.47. The molecule has 2 aromatic rings. The maximum atomic E-state index is 11.9. The normalized spacial score (nSPS) is 10.1. The molecule has 0 saturated carbocycles. The number of rotatable bonds is 2. The van der Waals surface area contributed by atoms with E-state index in [1.54, 1.807) is 18.3 Å². The van der Waals surface area contributed by atoms with Crippen molar-refractivity contribution in [3.8, 4) is 0 Å². The SMILES string of the molecule is Cc1ccc(NC(=O)c2cnc(C)cn2)c(N)c1. The zero-order valence-corrected chi connectivity index (χ0v) is 10.3. The van der Waals surface area contributed by atoms with Crippen LogP contribution in [0.5, 0.6) is 0 Å². The highest BCUT2D eigenvalue weighted by atomic mass is 16.1. The van der Waals surface area contributed by atoms with Crippen molar-refractivity contribution in [2.45, 2.75) is 13.8 Å². The maximum Gasteiger partial charge on any atom is 0.275 e. The molecule has 18 heavy (non-hydrogen) atoms. The Balaban J connectivity index is 2.18. The maximum absolute atomic E-state index is 11.9. The summed E-state index contributed by atoms with van der Waals surface area (Å²) in [7, 11) is 0. The Bertz CT molecular complexity index is 578. The van der Waals surface area contributed by atoms with Crippen LogP contribution in [0, 0.1) is 13.8 Å². The first kappa shape index (κ1) is 12.0. The average Bonchev–Trinajstić information content (AvgIpc) is 2.33. The molecule has 5 heteroatoms. The van der Waals surface area contributed by atoms with E-state index in [9.17, 15) is 4.79 Å². The standard InChI is InChI=1S/C13H14N4O/c1-8-3-4-11(10(14)5-8)17-13(18)12-7-15-9(2)6-16-12/h3-7H,14H2,1-2H3,(H,17,18). The van der Waals surface area contributed by atoms with Gasteiger partial charge in [0.1, 0.15) is 5.69 Å². The first-order valence-electron chi connectivity index (χ1n) is 5.52. The molecule has 0 aliphatic heterocycles. The van der Waals surface area contributed by atoms with Crippen LogP contribution in [0.15, 0.2) is 30.6 Å². The molecule has 3 N–H and O–H groups in total. The number of hydrogen-bond donors (Lipinski definition) is 2. The van der Waals surface area contributed by atoms with Gasteiger partial charge in [-0.25, -0.2) is 4.98 Å². The van der Waals surface area contributed by atoms with Crippen LogP contribution in [0.2, 0.25) is 0 Å². The molecule has 0 saturated heterocycles. The van der Waals surface area contributed by atoms with Crippen LogP contribution in [-0.2, 0) is 0 Å². The second-order valence-corrected chi connectivity index (χ2v) is 4.09. The molecule has 0 aliphatic rings. The molecule has 0 atom stereocenters. The summed E-state index contributed by atoms with van der Waals surface area (Å²) in [5, 5.41) is 2.71. The van der Waals surface area contributed by atoms with E-state index in [0.717, 1.165) is 11.3 Å². The highest BCUT2D eigenvalue weighted by molar-refractivity contribution is 6.04. The van der Waals surface area contributed by atoms with E-state index in [1.165, 1.54) is 6.20 Å². The predicted molar refractivity (Wildman–Crippen MR) is 70.3 cm³/mol. The number of anilines is 2. The van der Waals surface area contributed by atoms with Crippen molar-refractivity contribution < 1.29 is 4.79 Å². The van der Waals surface area contributed by atoms with Crippen molar-refractivity contribution in [1.29, 1.82) is 0 Å². The van der Waals surface area contributed by atoms with Gasteiger partial charge in [0, 0.05) is 6.20 Å². The molecule has 0 aliphatic carbocycles. The van der Waals surface area contributed by atoms with Gasteiger partial charge in [-0.15, -0.1) is 0 Å². The van der Waals surface area contributed by atoms with Crippen molar-refractivity contribution in [2.75, 3.05) is 11.1 Å². The quantitative estimate of drug-likeness (QED) is 0.788. The van der Waals surface area contributed by atoms with Gasteiger partial charge in [-0.1, -0.05) is 6.07 Å². The molecule has 5 nitrogen and oxygen atoms in total. The van der Waals surface area contributed by atoms with Crippen LogP contribution in [0.1, 0.15) is 21.7 Å². The molecular formula is C13H14N4O. The highest BCUT2D eigenvalue weighted by Crippen LogP contribution is 2.19. The predicted octanol–water partition coefficient (Wildman–Crippen LogP) is 1.93. The van der Waals surface area contributed by atoms with Crippen molar-refractivity contribution in [2.24, 2.45) is 0 Å². The van der Waals surface area contributed by atoms with Crippen LogP contribution in [-0.4, -0.2) is 15.9 Å². The van der Waals surface area contributed by atoms with Crippen LogP contribution in [0.3, 0.4) is 0 Å². The number of nitrogens with one attached hydrogen (secondary N) is 1. The Morgan fingerprint density at radius 3 is 2.61 bits per heavy atom. The first-order valence-corrected chi connectivity index (χ1v) is 5.52. The number of aryl methyl sites for hydroxylation is 2. The summed E-state index contributed by atoms with van der Waals surface area (Å²) in [4.78, 5) is 19.9. The summed E-state index contributed by atoms with van der Waals surface area (Å²) < 4.78 is 0. The largest absolute Gasteiger partial charge is 0.397 e. The third kappa shape index (κ3) is 2.63. The second kappa shape index (κ2) is 4.83. The van der Waals surface area contributed by atoms with Gasteiger partial charge in [0.05, 0.1) is 23.3 Å². The van der Waals surface area contributed by atoms with Gasteiger partial charge in [0.15, 0.2) is 0 Å². The zero-order chi connectivity index (χ0) is 13.1. The Morgan fingerprint density at radius 2 is 2.00 bits per heavy atom. The van der Waals surface area contributed by atoms with E-state index in [1.807, 2.05) is 19.9 Å². The summed E-state index contributed by atoms with van der Waals surface area (Å²) in [6, 6.07) is 5.45. The lowest BCUT2D eigenvalue weighted by Crippen LogP contribution is -2.15. The first-order chi connectivity index (χ1) is 8.56. The number of benzene rings is 1. The van der Waals surface area contributed by atoms with Crippen LogP contribution >= 0.6 is 0 Å². The van der Waals surface area contributed by atoms with Gasteiger partial charge in [0.2, 0.25) is 0 Å². The Labute approximate surface area is 105 Å². The molecule has 1 heterocycles. The fourth-order valence-corrected chi connectivity index (χ4v) is 1.49. The summed E-state index contributed by atoms with van der Waals surface area (Å²) in [5.41, 5.74) is 9.00. The molecule has 0 spiro atoms. The molecule has 1 amide bonds. The van der Waals surface area contributed by atoms with Crippen molar-refractivity contribution in [3.05, 3.63) is 47.5 Å². The van der Waals surface area contributed by atoms with Gasteiger partial charge < -0.3 is 11.1 Å². The summed E-state index contributed by atoms with van der Waals surface area (Å²) in [6.07, 6.45) is 2.99. The van der Waals surface area contributed by atoms with Gasteiger partial charge in [-0.05, 0) is 31.5 Å². The smallest absolute Gasteiger partial charge is 0.275 e. The molecule has 0 unspecified atom stereocenters. The molecule has 1 aromatic heterocycles. The van der Waals surface area contributed by atoms with Crippen LogP contribution in [0.25, 0.3) is 0 Å². The number of nitrogen functional groups attached to an aromatic ring is 1. The van der Waals surface area contributed by atoms with E-state index in [-0.39, 0.29) is 11.6 Å². The number of nitrogens with zero attached hydrogens (tertiary/aromatic N) is 2. The van der Waals surface area contributed by atoms with Gasteiger partial charge in [0.25, 0.3) is 5.91 Å². The topological polar surface area (TPSA) is 80.9 Å². The van der Waals surface area contributed by atoms with Gasteiger partial charge >= 0.3 is 0 Å². The lowest BCUT2D eigenvalue weighted by atomic mass is 10.2. The van der Waals surface area contributed by atoms with Crippen molar-refractivity contribution in [1.82, 2.24) is 9.97 Å². The molecule has 0 bridgehead atoms. The molecule has 2 rings (SSSR count). The summed E-state index contributed by atoms with van der Waals surface area (Å²) >= 11 is 0. The number of amides is 1. The number of aromatic nitrogens is 2. The van der Waals surface area contributed by atoms with E-state index >= 15 is 0 Å². The number of carbonyl (C=O) groups excluding carboxylic acids is 1. The molecular weight excluding hydrogens is 228 g/mol. The molecule has 1 aromatic carbocycles. The Kier molecular flexibility index (Phi) is 3.23. The lowest BCUT2D eigenvalue weighted by molar-refractivity contribution is 0.102. The fraction of sp³-hybridized carbons (Fsp3) is 0.154. The van der Waals surface area contributed by atoms with Crippen molar-refractivity contribution >= 4 is 17.3 Å². The van der Waals surface area contributed by atoms with Gasteiger partial charge in [-0.2, -0.15) is 0 Å². The second-order valence-electron chi connectivity index (χ2n) is 4.09. The number of nitrogens with two attached hydrogens (primary N) is 1. The van der Waals surface area contributed by atoms with Crippen LogP contribution < -0.4 is 11.1 Å². The Hall–Kier alpha value is -2.43. The molecule has 92 valence electrons. The van der Waals surface area contributed by atoms with Crippen molar-refractivity contribution in [3.63, 3.8) is 0 Å². The minimum Gasteiger partial charge on any atom is -0.397 e. The fourth-order valence-electron chi connectivity index (χ4n) is 1.49. The molecule has 0 fully saturated rings.